The van der Waals surface area contributed by atoms with Crippen molar-refractivity contribution < 1.29 is 32.3 Å². The number of hydrogen-bond donors (Lipinski definition) is 2. The first kappa shape index (κ1) is 21.3. The van der Waals surface area contributed by atoms with Crippen molar-refractivity contribution in [1.82, 2.24) is 0 Å². The summed E-state index contributed by atoms with van der Waals surface area (Å²) in [4.78, 5) is 35.9. The van der Waals surface area contributed by atoms with Crippen molar-refractivity contribution in [2.75, 3.05) is 35.4 Å². The van der Waals surface area contributed by atoms with E-state index >= 15 is 0 Å². The van der Waals surface area contributed by atoms with Crippen molar-refractivity contribution in [2.45, 2.75) is 6.92 Å². The molecular weight excluding hydrogens is 412 g/mol. The molecule has 0 atom stereocenters. The first-order valence-corrected chi connectivity index (χ1v) is 10.9. The lowest BCUT2D eigenvalue weighted by Crippen LogP contribution is -2.28. The van der Waals surface area contributed by atoms with Crippen LogP contribution in [0.5, 0.6) is 11.5 Å². The second-order valence-electron chi connectivity index (χ2n) is 6.51. The number of ether oxygens (including phenoxy) is 2. The van der Waals surface area contributed by atoms with Gasteiger partial charge < -0.3 is 20.1 Å². The van der Waals surface area contributed by atoms with Gasteiger partial charge >= 0.3 is 0 Å². The van der Waals surface area contributed by atoms with Gasteiger partial charge in [0.05, 0.1) is 12.3 Å². The molecule has 2 N–H and O–H groups in total. The van der Waals surface area contributed by atoms with Crippen LogP contribution < -0.4 is 20.1 Å². The van der Waals surface area contributed by atoms with Crippen molar-refractivity contribution in [2.24, 2.45) is 0 Å². The van der Waals surface area contributed by atoms with E-state index in [4.69, 9.17) is 9.47 Å². The summed E-state index contributed by atoms with van der Waals surface area (Å²) in [5, 5.41) is 5.03. The second kappa shape index (κ2) is 8.95. The number of fused-ring (bicyclic) bond motifs is 1. The van der Waals surface area contributed by atoms with Gasteiger partial charge in [-0.05, 0) is 49.4 Å². The van der Waals surface area contributed by atoms with Crippen molar-refractivity contribution in [3.8, 4) is 11.5 Å². The fourth-order valence-corrected chi connectivity index (χ4v) is 3.93. The second-order valence-corrected chi connectivity index (χ2v) is 8.57. The van der Waals surface area contributed by atoms with Crippen LogP contribution in [0.1, 0.15) is 17.3 Å². The summed E-state index contributed by atoms with van der Waals surface area (Å²) < 4.78 is 35.1. The summed E-state index contributed by atoms with van der Waals surface area (Å²) in [6.07, 6.45) is 0. The highest BCUT2D eigenvalue weighted by molar-refractivity contribution is 7.92. The molecule has 0 aromatic heterocycles. The molecule has 3 rings (SSSR count). The molecule has 9 nitrogen and oxygen atoms in total. The Bertz CT molecular complexity index is 1080. The molecule has 0 bridgehead atoms. The maximum atomic E-state index is 12.4. The molecule has 0 aliphatic carbocycles. The molecule has 2 aromatic rings. The van der Waals surface area contributed by atoms with E-state index in [-0.39, 0.29) is 18.1 Å². The zero-order chi connectivity index (χ0) is 21.7. The normalized spacial score (nSPS) is 12.9. The molecule has 2 amide bonds. The Balaban J connectivity index is 1.60. The number of benzene rings is 2. The molecule has 10 heteroatoms. The molecular formula is C20H20N2O7S. The third kappa shape index (κ3) is 5.57. The fraction of sp³-hybridized carbons (Fsp3) is 0.250. The zero-order valence-corrected chi connectivity index (χ0v) is 17.0. The minimum Gasteiger partial charge on any atom is -0.494 e. The van der Waals surface area contributed by atoms with Crippen LogP contribution in [0.3, 0.4) is 0 Å². The van der Waals surface area contributed by atoms with E-state index < -0.39 is 33.0 Å². The van der Waals surface area contributed by atoms with E-state index in [1.165, 1.54) is 18.2 Å². The summed E-state index contributed by atoms with van der Waals surface area (Å²) in [6, 6.07) is 10.7. The van der Waals surface area contributed by atoms with Crippen LogP contribution in [0.2, 0.25) is 0 Å². The van der Waals surface area contributed by atoms with Crippen LogP contribution in [0.15, 0.2) is 42.5 Å². The molecule has 0 saturated carbocycles. The van der Waals surface area contributed by atoms with Gasteiger partial charge in [-0.2, -0.15) is 0 Å². The van der Waals surface area contributed by atoms with Gasteiger partial charge in [-0.15, -0.1) is 0 Å². The van der Waals surface area contributed by atoms with Crippen LogP contribution in [0.25, 0.3) is 0 Å². The van der Waals surface area contributed by atoms with Gasteiger partial charge in [0.1, 0.15) is 23.0 Å². The molecule has 0 unspecified atom stereocenters. The predicted octanol–water partition coefficient (Wildman–Crippen LogP) is 1.65. The largest absolute Gasteiger partial charge is 0.494 e. The molecule has 0 saturated heterocycles. The number of nitrogens with one attached hydrogen (secondary N) is 2. The topological polar surface area (TPSA) is 128 Å². The Labute approximate surface area is 173 Å². The molecule has 1 heterocycles. The highest BCUT2D eigenvalue weighted by Gasteiger charge is 2.24. The smallest absolute Gasteiger partial charge is 0.262 e. The fourth-order valence-electron chi connectivity index (χ4n) is 2.79. The molecule has 1 aliphatic heterocycles. The Morgan fingerprint density at radius 1 is 1.13 bits per heavy atom. The van der Waals surface area contributed by atoms with Crippen molar-refractivity contribution >= 4 is 38.8 Å². The van der Waals surface area contributed by atoms with Gasteiger partial charge in [-0.1, -0.05) is 0 Å². The SMILES string of the molecule is CCOc1ccc(NC(=O)CS(=O)(=O)CC(=O)c2ccc3c(c2)NC(=O)CO3)cc1. The quantitative estimate of drug-likeness (QED) is 0.607. The minimum atomic E-state index is -4.00. The number of hydrogen-bond acceptors (Lipinski definition) is 7. The van der Waals surface area contributed by atoms with Gasteiger partial charge in [0.2, 0.25) is 5.91 Å². The van der Waals surface area contributed by atoms with Crippen LogP contribution in [0, 0.1) is 0 Å². The van der Waals surface area contributed by atoms with Crippen LogP contribution in [-0.2, 0) is 19.4 Å². The summed E-state index contributed by atoms with van der Waals surface area (Å²) in [5.41, 5.74) is 0.799. The monoisotopic (exact) mass is 432 g/mol. The number of carbonyl (C=O) groups excluding carboxylic acids is 3. The van der Waals surface area contributed by atoms with Gasteiger partial charge in [-0.3, -0.25) is 14.4 Å². The average Bonchev–Trinajstić information content (AvgIpc) is 2.68. The summed E-state index contributed by atoms with van der Waals surface area (Å²) in [6.45, 7) is 2.22. The molecule has 0 fully saturated rings. The van der Waals surface area contributed by atoms with Gasteiger partial charge in [0, 0.05) is 11.3 Å². The molecule has 158 valence electrons. The molecule has 0 spiro atoms. The van der Waals surface area contributed by atoms with Gasteiger partial charge in [0.15, 0.2) is 22.2 Å². The van der Waals surface area contributed by atoms with Gasteiger partial charge in [0.25, 0.3) is 5.91 Å². The van der Waals surface area contributed by atoms with E-state index in [9.17, 15) is 22.8 Å². The summed E-state index contributed by atoms with van der Waals surface area (Å²) in [7, 11) is -4.00. The number of sulfone groups is 1. The molecule has 2 aromatic carbocycles. The minimum absolute atomic E-state index is 0.0926. The first-order chi connectivity index (χ1) is 14.3. The number of Topliss-reactive ketones (excluding diaryl/α,β-unsaturated/α-hetero) is 1. The predicted molar refractivity (Wildman–Crippen MR) is 110 cm³/mol. The number of anilines is 2. The number of carbonyl (C=O) groups is 3. The third-order valence-electron chi connectivity index (χ3n) is 4.09. The lowest BCUT2D eigenvalue weighted by molar-refractivity contribution is -0.118. The van der Waals surface area contributed by atoms with Crippen molar-refractivity contribution in [1.29, 1.82) is 0 Å². The van der Waals surface area contributed by atoms with E-state index in [1.54, 1.807) is 24.3 Å². The van der Waals surface area contributed by atoms with E-state index in [0.717, 1.165) is 0 Å². The maximum Gasteiger partial charge on any atom is 0.262 e. The Kier molecular flexibility index (Phi) is 6.36. The highest BCUT2D eigenvalue weighted by Crippen LogP contribution is 2.28. The van der Waals surface area contributed by atoms with Crippen LogP contribution in [0.4, 0.5) is 11.4 Å². The van der Waals surface area contributed by atoms with Crippen molar-refractivity contribution in [3.05, 3.63) is 48.0 Å². The number of amides is 2. The molecule has 1 aliphatic rings. The lowest BCUT2D eigenvalue weighted by atomic mass is 10.1. The summed E-state index contributed by atoms with van der Waals surface area (Å²) in [5.74, 6) is -2.46. The molecule has 30 heavy (non-hydrogen) atoms. The third-order valence-corrected chi connectivity index (χ3v) is 5.49. The standard InChI is InChI=1S/C20H20N2O7S/c1-2-28-15-6-4-14(5-7-15)21-20(25)12-30(26,27)11-17(23)13-3-8-18-16(9-13)22-19(24)10-29-18/h3-9H,2,10-12H2,1H3,(H,21,25)(H,22,24). The first-order valence-electron chi connectivity index (χ1n) is 9.09. The lowest BCUT2D eigenvalue weighted by Gasteiger charge is -2.18. The maximum absolute atomic E-state index is 12.4. The number of ketones is 1. The van der Waals surface area contributed by atoms with Gasteiger partial charge in [-0.25, -0.2) is 8.42 Å². The average molecular weight is 432 g/mol. The Hall–Kier alpha value is -3.40. The van der Waals surface area contributed by atoms with E-state index in [1.807, 2.05) is 6.92 Å². The highest BCUT2D eigenvalue weighted by atomic mass is 32.2. The van der Waals surface area contributed by atoms with Crippen molar-refractivity contribution in [3.63, 3.8) is 0 Å². The van der Waals surface area contributed by atoms with Crippen LogP contribution >= 0.6 is 0 Å². The summed E-state index contributed by atoms with van der Waals surface area (Å²) >= 11 is 0. The zero-order valence-electron chi connectivity index (χ0n) is 16.1. The Morgan fingerprint density at radius 3 is 2.57 bits per heavy atom. The number of rotatable bonds is 8. The van der Waals surface area contributed by atoms with Crippen LogP contribution in [-0.4, -0.2) is 50.7 Å². The van der Waals surface area contributed by atoms with E-state index in [2.05, 4.69) is 10.6 Å². The Morgan fingerprint density at radius 2 is 1.87 bits per heavy atom. The van der Waals surface area contributed by atoms with E-state index in [0.29, 0.717) is 29.5 Å². The molecule has 0 radical (unpaired) electrons.